The Hall–Kier alpha value is -2.74. The van der Waals surface area contributed by atoms with Gasteiger partial charge in [0.2, 0.25) is 5.91 Å². The van der Waals surface area contributed by atoms with E-state index in [2.05, 4.69) is 85.8 Å². The third-order valence-corrected chi connectivity index (χ3v) is 12.6. The number of nitrogens with zero attached hydrogens (tertiary/aromatic N) is 3. The van der Waals surface area contributed by atoms with Gasteiger partial charge in [-0.15, -0.1) is 0 Å². The van der Waals surface area contributed by atoms with Crippen LogP contribution in [0.15, 0.2) is 48.5 Å². The van der Waals surface area contributed by atoms with Crippen molar-refractivity contribution in [3.8, 4) is 0 Å². The zero-order valence-corrected chi connectivity index (χ0v) is 30.5. The van der Waals surface area contributed by atoms with Crippen molar-refractivity contribution in [2.45, 2.75) is 144 Å². The van der Waals surface area contributed by atoms with Crippen LogP contribution in [-0.4, -0.2) is 90.5 Å². The molecule has 2 aromatic rings. The van der Waals surface area contributed by atoms with E-state index in [1.54, 1.807) is 11.1 Å². The van der Waals surface area contributed by atoms with Gasteiger partial charge in [-0.3, -0.25) is 14.6 Å². The molecule has 8 rings (SSSR count). The number of likely N-dealkylation sites (tertiary alicyclic amines) is 3. The summed E-state index contributed by atoms with van der Waals surface area (Å²) in [6.07, 6.45) is 9.62. The number of amides is 1. The lowest BCUT2D eigenvalue weighted by molar-refractivity contribution is -0.130. The molecule has 5 aliphatic heterocycles. The summed E-state index contributed by atoms with van der Waals surface area (Å²) < 4.78 is 5.68. The van der Waals surface area contributed by atoms with Gasteiger partial charge in [0.05, 0.1) is 11.0 Å². The fourth-order valence-corrected chi connectivity index (χ4v) is 9.37. The van der Waals surface area contributed by atoms with E-state index in [1.165, 1.54) is 45.2 Å². The summed E-state index contributed by atoms with van der Waals surface area (Å²) in [5.41, 5.74) is 5.22. The van der Waals surface area contributed by atoms with Crippen LogP contribution in [0.4, 0.5) is 0 Å². The van der Waals surface area contributed by atoms with Gasteiger partial charge in [0.1, 0.15) is 0 Å². The Bertz CT molecular complexity index is 1450. The van der Waals surface area contributed by atoms with Gasteiger partial charge in [-0.1, -0.05) is 64.7 Å². The molecule has 4 fully saturated rings. The predicted molar refractivity (Wildman–Crippen MR) is 213 cm³/mol. The molecular weight excluding hydrogens is 633 g/mol. The minimum absolute atomic E-state index is 0. The van der Waals surface area contributed by atoms with Gasteiger partial charge >= 0.3 is 5.97 Å². The Balaban J connectivity index is 0.000000202. The molecule has 6 aliphatic rings. The van der Waals surface area contributed by atoms with Crippen LogP contribution >= 0.6 is 0 Å². The molecule has 1 aliphatic carbocycles. The fraction of sp³-hybridized carbons (Fsp3) is 0.682. The van der Waals surface area contributed by atoms with Crippen molar-refractivity contribution in [1.29, 1.82) is 0 Å². The molecule has 0 bridgehead atoms. The van der Waals surface area contributed by atoms with Crippen LogP contribution in [0.5, 0.6) is 0 Å². The van der Waals surface area contributed by atoms with Crippen molar-refractivity contribution in [1.82, 2.24) is 20.0 Å². The van der Waals surface area contributed by atoms with Crippen LogP contribution in [0.25, 0.3) is 0 Å². The highest BCUT2D eigenvalue weighted by Gasteiger charge is 2.50. The Morgan fingerprint density at radius 2 is 1.22 bits per heavy atom. The maximum Gasteiger partial charge on any atom is 0.339 e. The average molecular weight is 705 g/mol. The van der Waals surface area contributed by atoms with Gasteiger partial charge in [-0.25, -0.2) is 4.79 Å². The molecule has 4 saturated heterocycles. The van der Waals surface area contributed by atoms with Crippen LogP contribution in [-0.2, 0) is 27.0 Å². The quantitative estimate of drug-likeness (QED) is 0.324. The predicted octanol–water partition coefficient (Wildman–Crippen LogP) is 8.45. The summed E-state index contributed by atoms with van der Waals surface area (Å²) in [4.78, 5) is 31.1. The van der Waals surface area contributed by atoms with Gasteiger partial charge < -0.3 is 15.0 Å². The summed E-state index contributed by atoms with van der Waals surface area (Å²) in [6, 6.07) is 18.7. The van der Waals surface area contributed by atoms with Crippen molar-refractivity contribution < 1.29 is 14.3 Å². The van der Waals surface area contributed by atoms with Crippen LogP contribution in [0, 0.1) is 5.41 Å². The molecule has 5 heterocycles. The molecule has 1 amide bonds. The molecule has 0 saturated carbocycles. The Morgan fingerprint density at radius 3 is 1.82 bits per heavy atom. The van der Waals surface area contributed by atoms with Crippen molar-refractivity contribution in [3.05, 3.63) is 70.8 Å². The lowest BCUT2D eigenvalue weighted by atomic mass is 9.73. The van der Waals surface area contributed by atoms with Crippen molar-refractivity contribution in [2.24, 2.45) is 5.41 Å². The van der Waals surface area contributed by atoms with E-state index in [9.17, 15) is 9.59 Å². The third kappa shape index (κ3) is 8.57. The van der Waals surface area contributed by atoms with Gasteiger partial charge in [0, 0.05) is 56.3 Å². The summed E-state index contributed by atoms with van der Waals surface area (Å²) in [7, 11) is 0. The van der Waals surface area contributed by atoms with Crippen LogP contribution in [0.2, 0.25) is 0 Å². The second-order valence-corrected chi connectivity index (χ2v) is 16.3. The first kappa shape index (κ1) is 42.7. The van der Waals surface area contributed by atoms with E-state index in [0.29, 0.717) is 29.4 Å². The maximum absolute atomic E-state index is 11.9. The summed E-state index contributed by atoms with van der Waals surface area (Å²) in [5.74, 6) is 0.133. The number of hydrogen-bond donors (Lipinski definition) is 1. The molecule has 286 valence electrons. The first-order chi connectivity index (χ1) is 23.0. The molecule has 51 heavy (non-hydrogen) atoms. The average Bonchev–Trinajstić information content (AvgIpc) is 3.84. The van der Waals surface area contributed by atoms with Crippen molar-refractivity contribution in [2.75, 3.05) is 45.8 Å². The highest BCUT2D eigenvalue weighted by atomic mass is 16.6. The van der Waals surface area contributed by atoms with Gasteiger partial charge in [0.25, 0.3) is 0 Å². The molecule has 7 heteroatoms. The Labute approximate surface area is 311 Å². The number of fused-ring (bicyclic) bond motifs is 4. The standard InChI is InChI=1S/C16H23N.C14H17NO2.C11H20N2O.3CH4/c1-13(2)17-11-9-16(10-12-17)8-7-14-5-3-4-6-15(14)16;1-10(2)15-8-7-14(9-15)12-6-4-3-5-11(12)13(16)17-14;1-9(2)13-7-3-4-11(8-13)5-6-12-10(11)14;;;/h3-6,13H,7-12H2,1-2H3;3-6,10H,7-9H2,1-2H3;9H,3-8H2,1-2H3,(H,12,14);3*1H4. The summed E-state index contributed by atoms with van der Waals surface area (Å²) in [5, 5.41) is 2.97. The smallest absolute Gasteiger partial charge is 0.339 e. The fourth-order valence-electron chi connectivity index (χ4n) is 9.37. The number of piperidine rings is 2. The summed E-state index contributed by atoms with van der Waals surface area (Å²) in [6.45, 7) is 20.8. The molecule has 0 radical (unpaired) electrons. The number of nitrogens with one attached hydrogen (secondary N) is 1. The monoisotopic (exact) mass is 705 g/mol. The van der Waals surface area contributed by atoms with Crippen molar-refractivity contribution in [3.63, 3.8) is 0 Å². The van der Waals surface area contributed by atoms with E-state index in [1.807, 2.05) is 24.3 Å². The third-order valence-electron chi connectivity index (χ3n) is 12.6. The molecule has 2 aromatic carbocycles. The van der Waals surface area contributed by atoms with Crippen LogP contribution < -0.4 is 5.32 Å². The lowest BCUT2D eigenvalue weighted by Gasteiger charge is -2.41. The van der Waals surface area contributed by atoms with Crippen molar-refractivity contribution >= 4 is 11.9 Å². The number of carbonyl (C=O) groups is 2. The van der Waals surface area contributed by atoms with Crippen LogP contribution in [0.1, 0.15) is 136 Å². The summed E-state index contributed by atoms with van der Waals surface area (Å²) >= 11 is 0. The molecule has 7 nitrogen and oxygen atoms in total. The largest absolute Gasteiger partial charge is 0.449 e. The maximum atomic E-state index is 11.9. The molecular formula is C44H72N4O3. The van der Waals surface area contributed by atoms with E-state index in [0.717, 1.165) is 63.1 Å². The number of aryl methyl sites for hydroxylation is 1. The van der Waals surface area contributed by atoms with Gasteiger partial charge in [-0.05, 0) is 129 Å². The van der Waals surface area contributed by atoms with Gasteiger partial charge in [0.15, 0.2) is 5.60 Å². The normalized spacial score (nSPS) is 26.4. The number of ether oxygens (including phenoxy) is 1. The van der Waals surface area contributed by atoms with Gasteiger partial charge in [-0.2, -0.15) is 0 Å². The Kier molecular flexibility index (Phi) is 14.6. The Morgan fingerprint density at radius 1 is 0.627 bits per heavy atom. The van der Waals surface area contributed by atoms with E-state index < -0.39 is 0 Å². The topological polar surface area (TPSA) is 65.1 Å². The molecule has 1 N–H and O–H groups in total. The highest BCUT2D eigenvalue weighted by molar-refractivity contribution is 5.94. The highest BCUT2D eigenvalue weighted by Crippen LogP contribution is 2.46. The molecule has 0 aromatic heterocycles. The SMILES string of the molecule is C.C.C.CC(C)N1CCC2(C1)OC(=O)c1ccccc12.CC(C)N1CCC2(CCc3ccccc32)CC1.CC(C)N1CCCC2(CCNC2=O)C1. The first-order valence-electron chi connectivity index (χ1n) is 18.9. The zero-order valence-electron chi connectivity index (χ0n) is 30.5. The zero-order chi connectivity index (χ0) is 34.1. The molecule has 2 atom stereocenters. The molecule has 2 unspecified atom stereocenters. The number of benzene rings is 2. The van der Waals surface area contributed by atoms with E-state index >= 15 is 0 Å². The first-order valence-corrected chi connectivity index (χ1v) is 18.9. The van der Waals surface area contributed by atoms with E-state index in [-0.39, 0.29) is 39.3 Å². The van der Waals surface area contributed by atoms with E-state index in [4.69, 9.17) is 4.74 Å². The second-order valence-electron chi connectivity index (χ2n) is 16.3. The number of carbonyl (C=O) groups excluding carboxylic acids is 2. The molecule has 3 spiro atoms. The number of esters is 1. The number of hydrogen-bond acceptors (Lipinski definition) is 6. The van der Waals surface area contributed by atoms with Crippen LogP contribution in [0.3, 0.4) is 0 Å². The minimum Gasteiger partial charge on any atom is -0.449 e. The second kappa shape index (κ2) is 17.4. The number of rotatable bonds is 3. The minimum atomic E-state index is -0.377. The lowest BCUT2D eigenvalue weighted by Crippen LogP contribution is -2.49.